The number of rotatable bonds is 7. The molecule has 0 spiro atoms. The number of carboxylic acid groups (broad SMARTS) is 1. The topological polar surface area (TPSA) is 125 Å². The van der Waals surface area contributed by atoms with Gasteiger partial charge < -0.3 is 20.5 Å². The summed E-state index contributed by atoms with van der Waals surface area (Å²) in [7, 11) is 0. The highest BCUT2D eigenvalue weighted by Crippen LogP contribution is 2.19. The lowest BCUT2D eigenvalue weighted by Gasteiger charge is -2.24. The maximum atomic E-state index is 12.4. The van der Waals surface area contributed by atoms with Crippen LogP contribution in [-0.4, -0.2) is 59.1 Å². The number of hydrogen-bond acceptors (Lipinski definition) is 5. The van der Waals surface area contributed by atoms with Gasteiger partial charge in [0.1, 0.15) is 25.2 Å². The van der Waals surface area contributed by atoms with Gasteiger partial charge in [-0.2, -0.15) is 0 Å². The van der Waals surface area contributed by atoms with E-state index in [1.807, 2.05) is 30.3 Å². The zero-order valence-electron chi connectivity index (χ0n) is 15.0. The van der Waals surface area contributed by atoms with Gasteiger partial charge in [-0.05, 0) is 25.3 Å². The van der Waals surface area contributed by atoms with Crippen molar-refractivity contribution in [2.45, 2.75) is 38.5 Å². The summed E-state index contributed by atoms with van der Waals surface area (Å²) in [6, 6.07) is 7.57. The summed E-state index contributed by atoms with van der Waals surface area (Å²) in [6.07, 6.45) is 0.535. The lowest BCUT2D eigenvalue weighted by Crippen LogP contribution is -2.52. The number of nitrogens with zero attached hydrogens (tertiary/aromatic N) is 1. The monoisotopic (exact) mass is 377 g/mol. The number of carbonyl (C=O) groups excluding carboxylic acids is 3. The fourth-order valence-corrected chi connectivity index (χ4v) is 2.75. The van der Waals surface area contributed by atoms with Gasteiger partial charge in [-0.3, -0.25) is 19.3 Å². The molecular weight excluding hydrogens is 354 g/mol. The van der Waals surface area contributed by atoms with Gasteiger partial charge in [0.05, 0.1) is 0 Å². The van der Waals surface area contributed by atoms with Crippen LogP contribution in [0.4, 0.5) is 4.79 Å². The van der Waals surface area contributed by atoms with Crippen LogP contribution in [0.5, 0.6) is 0 Å². The van der Waals surface area contributed by atoms with E-state index in [0.29, 0.717) is 19.4 Å². The smallest absolute Gasteiger partial charge is 0.410 e. The van der Waals surface area contributed by atoms with Crippen molar-refractivity contribution >= 4 is 23.9 Å². The summed E-state index contributed by atoms with van der Waals surface area (Å²) >= 11 is 0. The highest BCUT2D eigenvalue weighted by molar-refractivity contribution is 5.92. The van der Waals surface area contributed by atoms with Gasteiger partial charge in [0.2, 0.25) is 11.8 Å². The van der Waals surface area contributed by atoms with Crippen molar-refractivity contribution in [2.24, 2.45) is 0 Å². The van der Waals surface area contributed by atoms with Crippen molar-refractivity contribution < 1.29 is 29.0 Å². The molecule has 0 aromatic heterocycles. The van der Waals surface area contributed by atoms with Gasteiger partial charge in [0, 0.05) is 6.54 Å². The van der Waals surface area contributed by atoms with E-state index in [-0.39, 0.29) is 6.61 Å². The molecule has 9 nitrogen and oxygen atoms in total. The third-order valence-corrected chi connectivity index (χ3v) is 4.16. The van der Waals surface area contributed by atoms with Crippen molar-refractivity contribution in [2.75, 3.05) is 13.1 Å². The first-order chi connectivity index (χ1) is 12.9. The summed E-state index contributed by atoms with van der Waals surface area (Å²) < 4.78 is 5.27. The van der Waals surface area contributed by atoms with E-state index in [1.54, 1.807) is 0 Å². The Labute approximate surface area is 156 Å². The first-order valence-corrected chi connectivity index (χ1v) is 8.65. The fourth-order valence-electron chi connectivity index (χ4n) is 2.75. The SMILES string of the molecule is C[C@H](NC(=O)[C@@H]1CCCN1C(=O)OCc1ccccc1)C(=O)NCC(=O)O. The normalized spacial score (nSPS) is 17.1. The molecular formula is C18H23N3O6. The van der Waals surface area contributed by atoms with Crippen LogP contribution >= 0.6 is 0 Å². The van der Waals surface area contributed by atoms with Gasteiger partial charge >= 0.3 is 12.1 Å². The number of nitrogens with one attached hydrogen (secondary N) is 2. The van der Waals surface area contributed by atoms with Gasteiger partial charge in [-0.1, -0.05) is 30.3 Å². The number of likely N-dealkylation sites (tertiary alicyclic amines) is 1. The van der Waals surface area contributed by atoms with Crippen LogP contribution in [-0.2, 0) is 25.7 Å². The Hall–Kier alpha value is -3.10. The van der Waals surface area contributed by atoms with Crippen LogP contribution in [0.2, 0.25) is 0 Å². The third kappa shape index (κ3) is 5.98. The maximum absolute atomic E-state index is 12.4. The van der Waals surface area contributed by atoms with Crippen LogP contribution in [0.15, 0.2) is 30.3 Å². The largest absolute Gasteiger partial charge is 0.480 e. The van der Waals surface area contributed by atoms with Crippen molar-refractivity contribution in [3.8, 4) is 0 Å². The standard InChI is InChI=1S/C18H23N3O6/c1-12(16(24)19-10-15(22)23)20-17(25)14-8-5-9-21(14)18(26)27-11-13-6-3-2-4-7-13/h2-4,6-7,12,14H,5,8-11H2,1H3,(H,19,24)(H,20,25)(H,22,23)/t12-,14-/m0/s1. The molecule has 0 aliphatic carbocycles. The van der Waals surface area contributed by atoms with Crippen molar-refractivity contribution in [3.63, 3.8) is 0 Å². The summed E-state index contributed by atoms with van der Waals surface area (Å²) in [4.78, 5) is 48.3. The summed E-state index contributed by atoms with van der Waals surface area (Å²) in [5.41, 5.74) is 0.842. The van der Waals surface area contributed by atoms with Crippen LogP contribution < -0.4 is 10.6 Å². The summed E-state index contributed by atoms with van der Waals surface area (Å²) in [6.45, 7) is 1.42. The first-order valence-electron chi connectivity index (χ1n) is 8.65. The van der Waals surface area contributed by atoms with E-state index in [0.717, 1.165) is 5.56 Å². The van der Waals surface area contributed by atoms with E-state index in [2.05, 4.69) is 10.6 Å². The molecule has 3 N–H and O–H groups in total. The minimum atomic E-state index is -1.18. The zero-order chi connectivity index (χ0) is 19.8. The molecule has 0 saturated carbocycles. The summed E-state index contributed by atoms with van der Waals surface area (Å²) in [5, 5.41) is 13.3. The van der Waals surface area contributed by atoms with Gasteiger partial charge in [0.25, 0.3) is 0 Å². The first kappa shape index (κ1) is 20.2. The lowest BCUT2D eigenvalue weighted by atomic mass is 10.2. The molecule has 1 aromatic rings. The van der Waals surface area contributed by atoms with Crippen LogP contribution in [0.1, 0.15) is 25.3 Å². The molecule has 2 atom stereocenters. The molecule has 1 aliphatic rings. The fraction of sp³-hybridized carbons (Fsp3) is 0.444. The Morgan fingerprint density at radius 3 is 2.63 bits per heavy atom. The maximum Gasteiger partial charge on any atom is 0.410 e. The number of benzene rings is 1. The highest BCUT2D eigenvalue weighted by Gasteiger charge is 2.36. The average molecular weight is 377 g/mol. The molecule has 1 fully saturated rings. The second-order valence-corrected chi connectivity index (χ2v) is 6.23. The minimum Gasteiger partial charge on any atom is -0.480 e. The Bertz CT molecular complexity index is 694. The van der Waals surface area contributed by atoms with Crippen molar-refractivity contribution in [1.29, 1.82) is 0 Å². The van der Waals surface area contributed by atoms with Crippen molar-refractivity contribution in [1.82, 2.24) is 15.5 Å². The molecule has 3 amide bonds. The minimum absolute atomic E-state index is 0.110. The molecule has 1 aromatic carbocycles. The molecule has 1 heterocycles. The molecule has 1 aliphatic heterocycles. The Kier molecular flexibility index (Phi) is 7.16. The molecule has 0 unspecified atom stereocenters. The number of carboxylic acids is 1. The predicted molar refractivity (Wildman–Crippen MR) is 94.6 cm³/mol. The van der Waals surface area contributed by atoms with E-state index in [1.165, 1.54) is 11.8 Å². The number of ether oxygens (including phenoxy) is 1. The molecule has 0 radical (unpaired) electrons. The van der Waals surface area contributed by atoms with Crippen LogP contribution in [0.3, 0.4) is 0 Å². The molecule has 1 saturated heterocycles. The zero-order valence-corrected chi connectivity index (χ0v) is 15.0. The van der Waals surface area contributed by atoms with Gasteiger partial charge in [0.15, 0.2) is 0 Å². The van der Waals surface area contributed by atoms with E-state index in [4.69, 9.17) is 9.84 Å². The van der Waals surface area contributed by atoms with E-state index >= 15 is 0 Å². The van der Waals surface area contributed by atoms with E-state index < -0.39 is 42.5 Å². The molecule has 27 heavy (non-hydrogen) atoms. The van der Waals surface area contributed by atoms with E-state index in [9.17, 15) is 19.2 Å². The molecule has 0 bridgehead atoms. The second kappa shape index (κ2) is 9.56. The number of carbonyl (C=O) groups is 4. The number of amides is 3. The Balaban J connectivity index is 1.86. The second-order valence-electron chi connectivity index (χ2n) is 6.23. The van der Waals surface area contributed by atoms with Gasteiger partial charge in [-0.25, -0.2) is 4.79 Å². The Morgan fingerprint density at radius 1 is 1.26 bits per heavy atom. The van der Waals surface area contributed by atoms with Crippen molar-refractivity contribution in [3.05, 3.63) is 35.9 Å². The third-order valence-electron chi connectivity index (χ3n) is 4.16. The van der Waals surface area contributed by atoms with Gasteiger partial charge in [-0.15, -0.1) is 0 Å². The summed E-state index contributed by atoms with van der Waals surface area (Å²) in [5.74, 6) is -2.26. The Morgan fingerprint density at radius 2 is 1.96 bits per heavy atom. The average Bonchev–Trinajstić information content (AvgIpc) is 3.15. The van der Waals surface area contributed by atoms with Crippen LogP contribution in [0, 0.1) is 0 Å². The lowest BCUT2D eigenvalue weighted by molar-refractivity contribution is -0.138. The highest BCUT2D eigenvalue weighted by atomic mass is 16.6. The number of aliphatic carboxylic acids is 1. The number of hydrogen-bond donors (Lipinski definition) is 3. The predicted octanol–water partition coefficient (Wildman–Crippen LogP) is 0.493. The molecule has 9 heteroatoms. The molecule has 146 valence electrons. The quantitative estimate of drug-likeness (QED) is 0.635. The molecule has 2 rings (SSSR count). The van der Waals surface area contributed by atoms with Crippen LogP contribution in [0.25, 0.3) is 0 Å².